The van der Waals surface area contributed by atoms with E-state index >= 15 is 0 Å². The van der Waals surface area contributed by atoms with Crippen LogP contribution in [0, 0.1) is 6.92 Å². The molecule has 0 atom stereocenters. The Bertz CT molecular complexity index is 621. The standard InChI is InChI=1S/C16H18F2N2O3/c1-11-3-2-4-12(15(11)23-16(17)18)9-19-13-5-6-14(20-10-13)22-8-7-21/h2-6,10,16,19,21H,7-9H2,1H3. The fourth-order valence-electron chi connectivity index (χ4n) is 2.03. The molecule has 5 nitrogen and oxygen atoms in total. The van der Waals surface area contributed by atoms with Crippen molar-refractivity contribution in [1.29, 1.82) is 0 Å². The molecule has 1 aromatic heterocycles. The van der Waals surface area contributed by atoms with Gasteiger partial charge in [-0.15, -0.1) is 0 Å². The third-order valence-electron chi connectivity index (χ3n) is 3.06. The lowest BCUT2D eigenvalue weighted by Gasteiger charge is -2.14. The van der Waals surface area contributed by atoms with Gasteiger partial charge in [0.05, 0.1) is 18.5 Å². The van der Waals surface area contributed by atoms with E-state index in [1.165, 1.54) is 0 Å². The number of aliphatic hydroxyl groups excluding tert-OH is 1. The van der Waals surface area contributed by atoms with Gasteiger partial charge in [0.25, 0.3) is 0 Å². The van der Waals surface area contributed by atoms with Gasteiger partial charge in [0.2, 0.25) is 5.88 Å². The van der Waals surface area contributed by atoms with Crippen LogP contribution in [0.4, 0.5) is 14.5 Å². The van der Waals surface area contributed by atoms with Crippen molar-refractivity contribution in [2.24, 2.45) is 0 Å². The highest BCUT2D eigenvalue weighted by Crippen LogP contribution is 2.26. The SMILES string of the molecule is Cc1cccc(CNc2ccc(OCCO)nc2)c1OC(F)F. The molecule has 0 aliphatic rings. The molecule has 0 amide bonds. The first kappa shape index (κ1) is 17.0. The minimum Gasteiger partial charge on any atom is -0.475 e. The highest BCUT2D eigenvalue weighted by atomic mass is 19.3. The molecule has 0 spiro atoms. The second-order valence-electron chi connectivity index (χ2n) is 4.75. The van der Waals surface area contributed by atoms with E-state index in [0.717, 1.165) is 0 Å². The average Bonchev–Trinajstić information content (AvgIpc) is 2.54. The number of nitrogens with one attached hydrogen (secondary N) is 1. The number of rotatable bonds is 8. The first-order valence-electron chi connectivity index (χ1n) is 7.07. The van der Waals surface area contributed by atoms with E-state index in [-0.39, 0.29) is 19.0 Å². The first-order chi connectivity index (χ1) is 11.1. The second-order valence-corrected chi connectivity index (χ2v) is 4.75. The number of ether oxygens (including phenoxy) is 2. The number of para-hydroxylation sites is 1. The van der Waals surface area contributed by atoms with Crippen LogP contribution in [0.25, 0.3) is 0 Å². The zero-order valence-electron chi connectivity index (χ0n) is 12.6. The molecule has 0 saturated carbocycles. The van der Waals surface area contributed by atoms with E-state index in [1.54, 1.807) is 43.5 Å². The summed E-state index contributed by atoms with van der Waals surface area (Å²) in [6.07, 6.45) is 1.57. The Hall–Kier alpha value is -2.41. The summed E-state index contributed by atoms with van der Waals surface area (Å²) in [5.41, 5.74) is 1.99. The second kappa shape index (κ2) is 8.28. The van der Waals surface area contributed by atoms with Crippen LogP contribution in [0.5, 0.6) is 11.6 Å². The lowest BCUT2D eigenvalue weighted by atomic mass is 10.1. The Balaban J connectivity index is 2.01. The van der Waals surface area contributed by atoms with Crippen LogP contribution in [0.2, 0.25) is 0 Å². The number of alkyl halides is 2. The summed E-state index contributed by atoms with van der Waals surface area (Å²) in [7, 11) is 0. The number of benzene rings is 1. The molecule has 0 radical (unpaired) electrons. The van der Waals surface area contributed by atoms with E-state index in [0.29, 0.717) is 29.2 Å². The molecule has 2 N–H and O–H groups in total. The van der Waals surface area contributed by atoms with Crippen molar-refractivity contribution in [2.45, 2.75) is 20.1 Å². The highest BCUT2D eigenvalue weighted by Gasteiger charge is 2.12. The third kappa shape index (κ3) is 5.07. The molecule has 0 bridgehead atoms. The molecule has 1 aromatic carbocycles. The fourth-order valence-corrected chi connectivity index (χ4v) is 2.03. The number of aliphatic hydroxyl groups is 1. The van der Waals surface area contributed by atoms with Crippen LogP contribution < -0.4 is 14.8 Å². The number of aromatic nitrogens is 1. The summed E-state index contributed by atoms with van der Waals surface area (Å²) in [4.78, 5) is 4.07. The minimum atomic E-state index is -2.86. The molecule has 0 aliphatic heterocycles. The Morgan fingerprint density at radius 1 is 1.26 bits per heavy atom. The molecule has 0 fully saturated rings. The van der Waals surface area contributed by atoms with Gasteiger partial charge in [-0.1, -0.05) is 18.2 Å². The maximum absolute atomic E-state index is 12.5. The van der Waals surface area contributed by atoms with Crippen LogP contribution in [0.1, 0.15) is 11.1 Å². The Labute approximate surface area is 132 Å². The molecule has 7 heteroatoms. The molecular formula is C16H18F2N2O3. The third-order valence-corrected chi connectivity index (χ3v) is 3.06. The molecule has 0 saturated heterocycles. The smallest absolute Gasteiger partial charge is 0.387 e. The number of nitrogens with zero attached hydrogens (tertiary/aromatic N) is 1. The van der Waals surface area contributed by atoms with Gasteiger partial charge < -0.3 is 19.9 Å². The lowest BCUT2D eigenvalue weighted by molar-refractivity contribution is -0.0508. The molecule has 0 unspecified atom stereocenters. The van der Waals surface area contributed by atoms with Gasteiger partial charge in [-0.2, -0.15) is 8.78 Å². The minimum absolute atomic E-state index is 0.0814. The van der Waals surface area contributed by atoms with Crippen molar-refractivity contribution in [2.75, 3.05) is 18.5 Å². The van der Waals surface area contributed by atoms with E-state index in [2.05, 4.69) is 15.0 Å². The van der Waals surface area contributed by atoms with Gasteiger partial charge in [0.15, 0.2) is 0 Å². The van der Waals surface area contributed by atoms with Gasteiger partial charge in [-0.3, -0.25) is 0 Å². The molecule has 0 aliphatic carbocycles. The number of anilines is 1. The summed E-state index contributed by atoms with van der Waals surface area (Å²) in [6.45, 7) is -0.725. The maximum atomic E-state index is 12.5. The maximum Gasteiger partial charge on any atom is 0.387 e. The number of halogens is 2. The van der Waals surface area contributed by atoms with E-state index in [1.807, 2.05) is 0 Å². The van der Waals surface area contributed by atoms with Gasteiger partial charge in [0.1, 0.15) is 12.4 Å². The molecule has 23 heavy (non-hydrogen) atoms. The van der Waals surface area contributed by atoms with Crippen molar-refractivity contribution in [3.63, 3.8) is 0 Å². The van der Waals surface area contributed by atoms with Gasteiger partial charge in [-0.05, 0) is 18.6 Å². The highest BCUT2D eigenvalue weighted by molar-refractivity contribution is 5.46. The average molecular weight is 324 g/mol. The number of pyridine rings is 1. The van der Waals surface area contributed by atoms with Crippen LogP contribution in [-0.2, 0) is 6.54 Å². The summed E-state index contributed by atoms with van der Waals surface area (Å²) in [5, 5.41) is 11.8. The van der Waals surface area contributed by atoms with Crippen molar-refractivity contribution < 1.29 is 23.4 Å². The van der Waals surface area contributed by atoms with Crippen LogP contribution in [0.3, 0.4) is 0 Å². The molecule has 1 heterocycles. The largest absolute Gasteiger partial charge is 0.475 e. The Kier molecular flexibility index (Phi) is 6.10. The van der Waals surface area contributed by atoms with Crippen molar-refractivity contribution in [3.05, 3.63) is 47.7 Å². The zero-order valence-corrected chi connectivity index (χ0v) is 12.6. The van der Waals surface area contributed by atoms with Crippen LogP contribution in [-0.4, -0.2) is 29.9 Å². The zero-order chi connectivity index (χ0) is 16.7. The van der Waals surface area contributed by atoms with E-state index in [4.69, 9.17) is 9.84 Å². The Morgan fingerprint density at radius 3 is 2.74 bits per heavy atom. The predicted molar refractivity (Wildman–Crippen MR) is 82.0 cm³/mol. The van der Waals surface area contributed by atoms with Gasteiger partial charge in [0, 0.05) is 18.2 Å². The molecule has 2 rings (SSSR count). The molecule has 2 aromatic rings. The summed E-state index contributed by atoms with van der Waals surface area (Å²) in [5.74, 6) is 0.590. The molecular weight excluding hydrogens is 306 g/mol. The lowest BCUT2D eigenvalue weighted by Crippen LogP contribution is -2.09. The number of hydrogen-bond acceptors (Lipinski definition) is 5. The van der Waals surface area contributed by atoms with Crippen molar-refractivity contribution >= 4 is 5.69 Å². The summed E-state index contributed by atoms with van der Waals surface area (Å²) in [6, 6.07) is 8.64. The Morgan fingerprint density at radius 2 is 2.09 bits per heavy atom. The molecule has 124 valence electrons. The summed E-state index contributed by atoms with van der Waals surface area (Å²) >= 11 is 0. The van der Waals surface area contributed by atoms with Gasteiger partial charge in [-0.25, -0.2) is 4.98 Å². The predicted octanol–water partition coefficient (Wildman–Crippen LogP) is 2.97. The topological polar surface area (TPSA) is 63.6 Å². The van der Waals surface area contributed by atoms with Crippen LogP contribution >= 0.6 is 0 Å². The van der Waals surface area contributed by atoms with Crippen molar-refractivity contribution in [1.82, 2.24) is 4.98 Å². The normalized spacial score (nSPS) is 10.7. The van der Waals surface area contributed by atoms with Crippen molar-refractivity contribution in [3.8, 4) is 11.6 Å². The summed E-state index contributed by atoms with van der Waals surface area (Å²) < 4.78 is 34.8. The number of hydrogen-bond donors (Lipinski definition) is 2. The fraction of sp³-hybridized carbons (Fsp3) is 0.312. The first-order valence-corrected chi connectivity index (χ1v) is 7.07. The quantitative estimate of drug-likeness (QED) is 0.781. The number of aryl methyl sites for hydroxylation is 1. The van der Waals surface area contributed by atoms with E-state index < -0.39 is 6.61 Å². The van der Waals surface area contributed by atoms with Gasteiger partial charge >= 0.3 is 6.61 Å². The van der Waals surface area contributed by atoms with E-state index in [9.17, 15) is 8.78 Å². The monoisotopic (exact) mass is 324 g/mol. The van der Waals surface area contributed by atoms with Crippen LogP contribution in [0.15, 0.2) is 36.5 Å².